The number of likely N-dealkylation sites (N-methyl/N-ethyl adjacent to an activating group) is 1. The van der Waals surface area contributed by atoms with Crippen molar-refractivity contribution >= 4 is 33.2 Å². The number of halogens is 1. The molecule has 0 atom stereocenters. The van der Waals surface area contributed by atoms with Gasteiger partial charge in [0.15, 0.2) is 0 Å². The van der Waals surface area contributed by atoms with E-state index in [1.54, 1.807) is 16.2 Å². The van der Waals surface area contributed by atoms with E-state index in [1.807, 2.05) is 38.2 Å². The SMILES string of the molecule is Cc1c(Br)cccc1C(=O)N(C)CCc1cccs1. The first-order chi connectivity index (χ1) is 9.09. The van der Waals surface area contributed by atoms with Crippen molar-refractivity contribution in [1.82, 2.24) is 4.90 Å². The lowest BCUT2D eigenvalue weighted by molar-refractivity contribution is 0.0796. The summed E-state index contributed by atoms with van der Waals surface area (Å²) in [5.74, 6) is 0.0790. The van der Waals surface area contributed by atoms with Crippen molar-refractivity contribution < 1.29 is 4.79 Å². The van der Waals surface area contributed by atoms with Crippen molar-refractivity contribution in [1.29, 1.82) is 0 Å². The maximum atomic E-state index is 12.4. The predicted molar refractivity (Wildman–Crippen MR) is 83.9 cm³/mol. The topological polar surface area (TPSA) is 20.3 Å². The van der Waals surface area contributed by atoms with Gasteiger partial charge in [-0.15, -0.1) is 11.3 Å². The van der Waals surface area contributed by atoms with E-state index in [2.05, 4.69) is 27.4 Å². The van der Waals surface area contributed by atoms with Gasteiger partial charge in [-0.25, -0.2) is 0 Å². The van der Waals surface area contributed by atoms with Crippen molar-refractivity contribution in [3.05, 3.63) is 56.2 Å². The number of nitrogens with zero attached hydrogens (tertiary/aromatic N) is 1. The third-order valence-electron chi connectivity index (χ3n) is 3.12. The zero-order valence-electron chi connectivity index (χ0n) is 11.0. The lowest BCUT2D eigenvalue weighted by Crippen LogP contribution is -2.29. The van der Waals surface area contributed by atoms with Gasteiger partial charge in [0.05, 0.1) is 0 Å². The Morgan fingerprint density at radius 1 is 1.32 bits per heavy atom. The van der Waals surface area contributed by atoms with Crippen LogP contribution in [0, 0.1) is 6.92 Å². The van der Waals surface area contributed by atoms with Gasteiger partial charge in [-0.05, 0) is 42.5 Å². The Hall–Kier alpha value is -1.13. The van der Waals surface area contributed by atoms with Crippen LogP contribution in [-0.2, 0) is 6.42 Å². The van der Waals surface area contributed by atoms with Crippen LogP contribution in [0.3, 0.4) is 0 Å². The number of rotatable bonds is 4. The van der Waals surface area contributed by atoms with Gasteiger partial charge < -0.3 is 4.90 Å². The van der Waals surface area contributed by atoms with Crippen molar-refractivity contribution in [3.8, 4) is 0 Å². The van der Waals surface area contributed by atoms with Crippen LogP contribution < -0.4 is 0 Å². The molecule has 2 rings (SSSR count). The molecular weight excluding hydrogens is 322 g/mol. The van der Waals surface area contributed by atoms with Gasteiger partial charge in [-0.3, -0.25) is 4.79 Å². The average Bonchev–Trinajstić information content (AvgIpc) is 2.91. The van der Waals surface area contributed by atoms with E-state index < -0.39 is 0 Å². The van der Waals surface area contributed by atoms with Gasteiger partial charge in [0, 0.05) is 28.5 Å². The number of carbonyl (C=O) groups excluding carboxylic acids is 1. The Bertz CT molecular complexity index is 566. The largest absolute Gasteiger partial charge is 0.341 e. The van der Waals surface area contributed by atoms with Crippen LogP contribution in [-0.4, -0.2) is 24.4 Å². The smallest absolute Gasteiger partial charge is 0.253 e. The molecule has 0 aliphatic carbocycles. The molecular formula is C15H16BrNOS. The molecule has 4 heteroatoms. The minimum absolute atomic E-state index is 0.0790. The number of hydrogen-bond acceptors (Lipinski definition) is 2. The Kier molecular flexibility index (Phi) is 4.77. The molecule has 19 heavy (non-hydrogen) atoms. The van der Waals surface area contributed by atoms with E-state index in [0.717, 1.165) is 28.6 Å². The molecule has 0 unspecified atom stereocenters. The normalized spacial score (nSPS) is 10.5. The van der Waals surface area contributed by atoms with Crippen molar-refractivity contribution in [2.45, 2.75) is 13.3 Å². The summed E-state index contributed by atoms with van der Waals surface area (Å²) < 4.78 is 0.977. The molecule has 0 aliphatic heterocycles. The second-order valence-corrected chi connectivity index (χ2v) is 6.36. The van der Waals surface area contributed by atoms with Gasteiger partial charge in [0.25, 0.3) is 5.91 Å². The predicted octanol–water partition coefficient (Wildman–Crippen LogP) is 4.13. The highest BCUT2D eigenvalue weighted by Gasteiger charge is 2.15. The average molecular weight is 338 g/mol. The summed E-state index contributed by atoms with van der Waals surface area (Å²) in [5, 5.41) is 2.07. The van der Waals surface area contributed by atoms with Gasteiger partial charge in [0.1, 0.15) is 0 Å². The quantitative estimate of drug-likeness (QED) is 0.821. The Labute approximate surface area is 126 Å². The van der Waals surface area contributed by atoms with Crippen LogP contribution in [0.4, 0.5) is 0 Å². The van der Waals surface area contributed by atoms with E-state index in [0.29, 0.717) is 0 Å². The zero-order chi connectivity index (χ0) is 13.8. The monoisotopic (exact) mass is 337 g/mol. The summed E-state index contributed by atoms with van der Waals surface area (Å²) in [6.07, 6.45) is 0.910. The first-order valence-electron chi connectivity index (χ1n) is 6.12. The number of thiophene rings is 1. The second-order valence-electron chi connectivity index (χ2n) is 4.47. The molecule has 0 N–H and O–H groups in total. The van der Waals surface area contributed by atoms with Crippen LogP contribution in [0.25, 0.3) is 0 Å². The minimum Gasteiger partial charge on any atom is -0.341 e. The second kappa shape index (κ2) is 6.35. The summed E-state index contributed by atoms with van der Waals surface area (Å²) in [5.41, 5.74) is 1.76. The minimum atomic E-state index is 0.0790. The Morgan fingerprint density at radius 3 is 2.79 bits per heavy atom. The molecule has 1 aromatic carbocycles. The summed E-state index contributed by atoms with van der Waals surface area (Å²) in [6.45, 7) is 2.70. The molecule has 2 aromatic rings. The molecule has 2 nitrogen and oxygen atoms in total. The summed E-state index contributed by atoms with van der Waals surface area (Å²) in [7, 11) is 1.86. The molecule has 0 aliphatic rings. The van der Waals surface area contributed by atoms with E-state index in [9.17, 15) is 4.79 Å². The first-order valence-corrected chi connectivity index (χ1v) is 7.80. The fraction of sp³-hybridized carbons (Fsp3) is 0.267. The number of hydrogen-bond donors (Lipinski definition) is 0. The molecule has 0 radical (unpaired) electrons. The van der Waals surface area contributed by atoms with E-state index in [4.69, 9.17) is 0 Å². The summed E-state index contributed by atoms with van der Waals surface area (Å²) in [4.78, 5) is 15.5. The van der Waals surface area contributed by atoms with Crippen LogP contribution in [0.2, 0.25) is 0 Å². The molecule has 1 aromatic heterocycles. The number of amides is 1. The highest BCUT2D eigenvalue weighted by Crippen LogP contribution is 2.20. The highest BCUT2D eigenvalue weighted by molar-refractivity contribution is 9.10. The molecule has 0 saturated heterocycles. The van der Waals surface area contributed by atoms with E-state index in [-0.39, 0.29) is 5.91 Å². The third-order valence-corrected chi connectivity index (χ3v) is 4.91. The molecule has 0 saturated carbocycles. The molecule has 0 fully saturated rings. The zero-order valence-corrected chi connectivity index (χ0v) is 13.4. The first kappa shape index (κ1) is 14.3. The summed E-state index contributed by atoms with van der Waals surface area (Å²) >= 11 is 5.20. The van der Waals surface area contributed by atoms with E-state index in [1.165, 1.54) is 4.88 Å². The summed E-state index contributed by atoms with van der Waals surface area (Å²) in [6, 6.07) is 9.88. The Balaban J connectivity index is 2.04. The lowest BCUT2D eigenvalue weighted by atomic mass is 10.1. The van der Waals surface area contributed by atoms with Crippen LogP contribution in [0.15, 0.2) is 40.2 Å². The maximum Gasteiger partial charge on any atom is 0.253 e. The van der Waals surface area contributed by atoms with Crippen molar-refractivity contribution in [3.63, 3.8) is 0 Å². The van der Waals surface area contributed by atoms with Crippen LogP contribution in [0.1, 0.15) is 20.8 Å². The molecule has 0 bridgehead atoms. The lowest BCUT2D eigenvalue weighted by Gasteiger charge is -2.18. The third kappa shape index (κ3) is 3.45. The fourth-order valence-corrected chi connectivity index (χ4v) is 2.94. The maximum absolute atomic E-state index is 12.4. The standard InChI is InChI=1S/C15H16BrNOS/c1-11-13(6-3-7-14(11)16)15(18)17(2)9-8-12-5-4-10-19-12/h3-7,10H,8-9H2,1-2H3. The highest BCUT2D eigenvalue weighted by atomic mass is 79.9. The Morgan fingerprint density at radius 2 is 2.11 bits per heavy atom. The van der Waals surface area contributed by atoms with E-state index >= 15 is 0 Å². The number of carbonyl (C=O) groups is 1. The van der Waals surface area contributed by atoms with Gasteiger partial charge in [0.2, 0.25) is 0 Å². The van der Waals surface area contributed by atoms with Crippen LogP contribution >= 0.6 is 27.3 Å². The molecule has 100 valence electrons. The molecule has 0 spiro atoms. The fourth-order valence-electron chi connectivity index (χ4n) is 1.88. The van der Waals surface area contributed by atoms with Crippen molar-refractivity contribution in [2.75, 3.05) is 13.6 Å². The number of benzene rings is 1. The van der Waals surface area contributed by atoms with Gasteiger partial charge >= 0.3 is 0 Å². The van der Waals surface area contributed by atoms with Gasteiger partial charge in [-0.2, -0.15) is 0 Å². The molecule has 1 amide bonds. The van der Waals surface area contributed by atoms with Crippen LogP contribution in [0.5, 0.6) is 0 Å². The van der Waals surface area contributed by atoms with Crippen molar-refractivity contribution in [2.24, 2.45) is 0 Å². The molecule has 1 heterocycles. The van der Waals surface area contributed by atoms with Gasteiger partial charge in [-0.1, -0.05) is 28.1 Å².